The normalized spacial score (nSPS) is 11.8. The highest BCUT2D eigenvalue weighted by atomic mass is 32.1. The largest absolute Gasteiger partial charge is 0.497 e. The number of rotatable bonds is 6. The van der Waals surface area contributed by atoms with E-state index >= 15 is 0 Å². The smallest absolute Gasteiger partial charge is 0.351 e. The first-order chi connectivity index (χ1) is 12.1. The van der Waals surface area contributed by atoms with Crippen LogP contribution in [0.4, 0.5) is 0 Å². The maximum atomic E-state index is 12.5. The number of nitrogens with zero attached hydrogens (tertiary/aromatic N) is 1. The molecule has 128 valence electrons. The highest BCUT2D eigenvalue weighted by Crippen LogP contribution is 2.23. The Bertz CT molecular complexity index is 865. The topological polar surface area (TPSA) is 57.5 Å². The summed E-state index contributed by atoms with van der Waals surface area (Å²) in [7, 11) is 1.56. The number of Topliss-reactive ketones (excluding diaryl/α,β-unsaturated/α-hetero) is 1. The number of carbonyl (C=O) groups is 2. The van der Waals surface area contributed by atoms with E-state index < -0.39 is 12.1 Å². The van der Waals surface area contributed by atoms with Crippen LogP contribution in [0.25, 0.3) is 5.69 Å². The molecule has 0 spiro atoms. The Morgan fingerprint density at radius 1 is 1.08 bits per heavy atom. The molecule has 3 aromatic rings. The molecule has 1 atom stereocenters. The molecule has 2 heterocycles. The third-order valence-electron chi connectivity index (χ3n) is 3.74. The van der Waals surface area contributed by atoms with Crippen LogP contribution in [0.2, 0.25) is 0 Å². The molecular formula is C19H17NO4S. The van der Waals surface area contributed by atoms with Gasteiger partial charge < -0.3 is 14.0 Å². The molecule has 0 aliphatic rings. The van der Waals surface area contributed by atoms with Gasteiger partial charge in [0.15, 0.2) is 6.10 Å². The van der Waals surface area contributed by atoms with Crippen LogP contribution in [-0.2, 0) is 4.74 Å². The summed E-state index contributed by atoms with van der Waals surface area (Å²) < 4.78 is 12.3. The van der Waals surface area contributed by atoms with Gasteiger partial charge >= 0.3 is 5.97 Å². The molecule has 0 N–H and O–H groups in total. The molecule has 0 radical (unpaired) electrons. The van der Waals surface area contributed by atoms with E-state index in [4.69, 9.17) is 9.47 Å². The Hall–Kier alpha value is -2.86. The van der Waals surface area contributed by atoms with Gasteiger partial charge in [-0.3, -0.25) is 4.79 Å². The van der Waals surface area contributed by atoms with E-state index in [-0.39, 0.29) is 5.78 Å². The maximum Gasteiger partial charge on any atom is 0.351 e. The van der Waals surface area contributed by atoms with Gasteiger partial charge in [-0.1, -0.05) is 0 Å². The fourth-order valence-corrected chi connectivity index (χ4v) is 3.18. The van der Waals surface area contributed by atoms with Crippen molar-refractivity contribution in [3.63, 3.8) is 0 Å². The lowest BCUT2D eigenvalue weighted by Crippen LogP contribution is -2.24. The molecule has 1 unspecified atom stereocenters. The van der Waals surface area contributed by atoms with Crippen LogP contribution in [0.3, 0.4) is 0 Å². The van der Waals surface area contributed by atoms with E-state index in [0.29, 0.717) is 16.2 Å². The van der Waals surface area contributed by atoms with Crippen molar-refractivity contribution in [1.82, 2.24) is 4.57 Å². The molecule has 2 aromatic heterocycles. The zero-order chi connectivity index (χ0) is 17.8. The Morgan fingerprint density at radius 3 is 2.40 bits per heavy atom. The first kappa shape index (κ1) is 17.0. The average molecular weight is 355 g/mol. The number of esters is 1. The van der Waals surface area contributed by atoms with Gasteiger partial charge in [0.25, 0.3) is 0 Å². The lowest BCUT2D eigenvalue weighted by atomic mass is 10.1. The van der Waals surface area contributed by atoms with Crippen molar-refractivity contribution < 1.29 is 19.1 Å². The van der Waals surface area contributed by atoms with Crippen molar-refractivity contribution in [1.29, 1.82) is 0 Å². The fraction of sp³-hybridized carbons (Fsp3) is 0.158. The molecule has 1 aromatic carbocycles. The minimum atomic E-state index is -0.875. The second-order valence-corrected chi connectivity index (χ2v) is 6.28. The van der Waals surface area contributed by atoms with Crippen LogP contribution in [0.1, 0.15) is 27.0 Å². The Labute approximate surface area is 149 Å². The summed E-state index contributed by atoms with van der Waals surface area (Å²) in [6, 6.07) is 12.3. The summed E-state index contributed by atoms with van der Waals surface area (Å²) in [6.45, 7) is 1.58. The van der Waals surface area contributed by atoms with Crippen LogP contribution in [0, 0.1) is 0 Å². The van der Waals surface area contributed by atoms with Gasteiger partial charge in [0.1, 0.15) is 10.6 Å². The van der Waals surface area contributed by atoms with E-state index in [0.717, 1.165) is 5.69 Å². The minimum absolute atomic E-state index is 0.255. The third-order valence-corrected chi connectivity index (χ3v) is 4.62. The molecule has 0 aliphatic heterocycles. The lowest BCUT2D eigenvalue weighted by Gasteiger charge is -2.13. The van der Waals surface area contributed by atoms with Gasteiger partial charge in [0.05, 0.1) is 12.8 Å². The van der Waals surface area contributed by atoms with Crippen molar-refractivity contribution in [2.75, 3.05) is 7.11 Å². The van der Waals surface area contributed by atoms with Gasteiger partial charge in [-0.2, -0.15) is 0 Å². The summed E-state index contributed by atoms with van der Waals surface area (Å²) in [4.78, 5) is 25.4. The number of ether oxygens (including phenoxy) is 2. The summed E-state index contributed by atoms with van der Waals surface area (Å²) in [5.74, 6) is -0.0979. The number of thiophene rings is 1. The van der Waals surface area contributed by atoms with Crippen molar-refractivity contribution in [3.8, 4) is 11.4 Å². The standard InChI is InChI=1S/C19H17NO4S/c1-13(17(21)14-5-7-15(23-2)8-6-14)24-19(22)18-16(9-12-25-18)20-10-3-4-11-20/h3-13H,1-2H3. The second-order valence-electron chi connectivity index (χ2n) is 5.37. The van der Waals surface area contributed by atoms with Crippen LogP contribution >= 0.6 is 11.3 Å². The van der Waals surface area contributed by atoms with Crippen molar-refractivity contribution in [3.05, 3.63) is 70.7 Å². The summed E-state index contributed by atoms with van der Waals surface area (Å²) in [5, 5.41) is 1.82. The number of aromatic nitrogens is 1. The molecule has 0 amide bonds. The van der Waals surface area contributed by atoms with Crippen LogP contribution in [-0.4, -0.2) is 29.5 Å². The molecule has 0 saturated carbocycles. The molecule has 3 rings (SSSR count). The third kappa shape index (κ3) is 3.64. The zero-order valence-corrected chi connectivity index (χ0v) is 14.7. The number of carbonyl (C=O) groups excluding carboxylic acids is 2. The fourth-order valence-electron chi connectivity index (χ4n) is 2.41. The number of ketones is 1. The van der Waals surface area contributed by atoms with E-state index in [1.54, 1.807) is 38.3 Å². The van der Waals surface area contributed by atoms with E-state index in [1.807, 2.05) is 40.5 Å². The zero-order valence-electron chi connectivity index (χ0n) is 13.8. The van der Waals surface area contributed by atoms with Crippen LogP contribution in [0.15, 0.2) is 60.2 Å². The minimum Gasteiger partial charge on any atom is -0.497 e. The van der Waals surface area contributed by atoms with Crippen molar-refractivity contribution in [2.45, 2.75) is 13.0 Å². The van der Waals surface area contributed by atoms with Gasteiger partial charge in [0.2, 0.25) is 5.78 Å². The molecule has 5 nitrogen and oxygen atoms in total. The van der Waals surface area contributed by atoms with Crippen molar-refractivity contribution in [2.24, 2.45) is 0 Å². The van der Waals surface area contributed by atoms with Crippen molar-refractivity contribution >= 4 is 23.1 Å². The quantitative estimate of drug-likeness (QED) is 0.496. The van der Waals surface area contributed by atoms with Crippen LogP contribution in [0.5, 0.6) is 5.75 Å². The number of hydrogen-bond donors (Lipinski definition) is 0. The van der Waals surface area contributed by atoms with Gasteiger partial charge in [-0.15, -0.1) is 11.3 Å². The second kappa shape index (κ2) is 7.36. The number of methoxy groups -OCH3 is 1. The average Bonchev–Trinajstić information content (AvgIpc) is 3.31. The molecule has 6 heteroatoms. The monoisotopic (exact) mass is 355 g/mol. The Balaban J connectivity index is 1.72. The Kier molecular flexibility index (Phi) is 5.00. The predicted octanol–water partition coefficient (Wildman–Crippen LogP) is 3.98. The maximum absolute atomic E-state index is 12.5. The molecule has 25 heavy (non-hydrogen) atoms. The van der Waals surface area contributed by atoms with Gasteiger partial charge in [0, 0.05) is 18.0 Å². The van der Waals surface area contributed by atoms with E-state index in [9.17, 15) is 9.59 Å². The van der Waals surface area contributed by atoms with Crippen LogP contribution < -0.4 is 4.74 Å². The molecule has 0 saturated heterocycles. The number of benzene rings is 1. The summed E-state index contributed by atoms with van der Waals surface area (Å²) in [6.07, 6.45) is 2.83. The van der Waals surface area contributed by atoms with E-state index in [1.165, 1.54) is 11.3 Å². The number of hydrogen-bond acceptors (Lipinski definition) is 5. The molecule has 0 fully saturated rings. The highest BCUT2D eigenvalue weighted by molar-refractivity contribution is 7.12. The summed E-state index contributed by atoms with van der Waals surface area (Å²) in [5.41, 5.74) is 1.21. The van der Waals surface area contributed by atoms with Gasteiger partial charge in [-0.05, 0) is 54.8 Å². The Morgan fingerprint density at radius 2 is 1.76 bits per heavy atom. The summed E-state index contributed by atoms with van der Waals surface area (Å²) >= 11 is 1.29. The molecule has 0 aliphatic carbocycles. The first-order valence-electron chi connectivity index (χ1n) is 7.70. The predicted molar refractivity (Wildman–Crippen MR) is 95.8 cm³/mol. The SMILES string of the molecule is COc1ccc(C(=O)C(C)OC(=O)c2sccc2-n2cccc2)cc1. The molecule has 0 bridgehead atoms. The highest BCUT2D eigenvalue weighted by Gasteiger charge is 2.23. The van der Waals surface area contributed by atoms with E-state index in [2.05, 4.69) is 0 Å². The van der Waals surface area contributed by atoms with Gasteiger partial charge in [-0.25, -0.2) is 4.79 Å². The molecular weight excluding hydrogens is 338 g/mol. The first-order valence-corrected chi connectivity index (χ1v) is 8.58. The lowest BCUT2D eigenvalue weighted by molar-refractivity contribution is 0.0323.